The minimum absolute atomic E-state index is 0.733. The number of hydrogen-bond donors (Lipinski definition) is 0. The fourth-order valence-electron chi connectivity index (χ4n) is 3.45. The van der Waals surface area contributed by atoms with Gasteiger partial charge >= 0.3 is 0 Å². The van der Waals surface area contributed by atoms with Crippen molar-refractivity contribution in [2.75, 3.05) is 6.61 Å². The molecule has 0 aliphatic rings. The zero-order chi connectivity index (χ0) is 18.6. The molecule has 0 fully saturated rings. The Labute approximate surface area is 164 Å². The van der Waals surface area contributed by atoms with Gasteiger partial charge in [-0.05, 0) is 41.5 Å². The summed E-state index contributed by atoms with van der Waals surface area (Å²) >= 11 is 0. The van der Waals surface area contributed by atoms with Crippen LogP contribution in [0.2, 0.25) is 0 Å². The zero-order valence-corrected chi connectivity index (χ0v) is 16.1. The summed E-state index contributed by atoms with van der Waals surface area (Å²) in [5.74, 6) is 0. The molecule has 27 heavy (non-hydrogen) atoms. The maximum Gasteiger partial charge on any atom is 0.0716 e. The van der Waals surface area contributed by atoms with E-state index >= 15 is 0 Å². The van der Waals surface area contributed by atoms with Crippen LogP contribution in [0.5, 0.6) is 0 Å². The lowest BCUT2D eigenvalue weighted by Gasteiger charge is -2.10. The first kappa shape index (κ1) is 19.4. The van der Waals surface area contributed by atoms with Crippen LogP contribution in [0.1, 0.15) is 43.2 Å². The summed E-state index contributed by atoms with van der Waals surface area (Å²) in [6.07, 6.45) is 7.43. The molecule has 140 valence electrons. The van der Waals surface area contributed by atoms with Crippen molar-refractivity contribution >= 4 is 0 Å². The van der Waals surface area contributed by atoms with E-state index in [0.29, 0.717) is 0 Å². The number of rotatable bonds is 11. The summed E-state index contributed by atoms with van der Waals surface area (Å²) in [4.78, 5) is 0. The minimum Gasteiger partial charge on any atom is -0.377 e. The highest BCUT2D eigenvalue weighted by Crippen LogP contribution is 2.25. The Kier molecular flexibility index (Phi) is 8.15. The molecule has 3 rings (SSSR count). The highest BCUT2D eigenvalue weighted by atomic mass is 16.5. The van der Waals surface area contributed by atoms with Crippen LogP contribution in [0.25, 0.3) is 11.1 Å². The first-order valence-corrected chi connectivity index (χ1v) is 10.2. The van der Waals surface area contributed by atoms with Crippen LogP contribution in [0.15, 0.2) is 84.9 Å². The predicted octanol–water partition coefficient (Wildman–Crippen LogP) is 7.06. The molecule has 0 saturated carbocycles. The van der Waals surface area contributed by atoms with Gasteiger partial charge in [0.05, 0.1) is 6.61 Å². The quantitative estimate of drug-likeness (QED) is 0.333. The van der Waals surface area contributed by atoms with E-state index in [9.17, 15) is 0 Å². The van der Waals surface area contributed by atoms with Crippen LogP contribution in [0.4, 0.5) is 0 Å². The van der Waals surface area contributed by atoms with Crippen molar-refractivity contribution in [3.8, 4) is 11.1 Å². The van der Waals surface area contributed by atoms with Gasteiger partial charge in [0.1, 0.15) is 0 Å². The number of unbranched alkanes of at least 4 members (excludes halogenated alkanes) is 4. The van der Waals surface area contributed by atoms with Gasteiger partial charge in [-0.2, -0.15) is 0 Å². The van der Waals surface area contributed by atoms with Crippen molar-refractivity contribution < 1.29 is 4.74 Å². The van der Waals surface area contributed by atoms with E-state index in [1.54, 1.807) is 0 Å². The molecule has 1 nitrogen and oxygen atoms in total. The average molecular weight is 359 g/mol. The van der Waals surface area contributed by atoms with Crippen LogP contribution in [-0.4, -0.2) is 6.61 Å². The van der Waals surface area contributed by atoms with E-state index in [2.05, 4.69) is 78.9 Å². The van der Waals surface area contributed by atoms with Gasteiger partial charge < -0.3 is 4.74 Å². The fraction of sp³-hybridized carbons (Fsp3) is 0.308. The summed E-state index contributed by atoms with van der Waals surface area (Å²) in [7, 11) is 0. The predicted molar refractivity (Wildman–Crippen MR) is 115 cm³/mol. The Bertz CT molecular complexity index is 764. The third kappa shape index (κ3) is 6.69. The Morgan fingerprint density at radius 1 is 0.556 bits per heavy atom. The summed E-state index contributed by atoms with van der Waals surface area (Å²) < 4.78 is 5.76. The molecule has 0 saturated heterocycles. The van der Waals surface area contributed by atoms with Crippen LogP contribution in [-0.2, 0) is 17.8 Å². The lowest BCUT2D eigenvalue weighted by atomic mass is 9.96. The van der Waals surface area contributed by atoms with Crippen molar-refractivity contribution in [1.82, 2.24) is 0 Å². The average Bonchev–Trinajstić information content (AvgIpc) is 2.74. The molecule has 3 aromatic carbocycles. The normalized spacial score (nSPS) is 10.8. The van der Waals surface area contributed by atoms with Gasteiger partial charge in [-0.15, -0.1) is 0 Å². The lowest BCUT2D eigenvalue weighted by Crippen LogP contribution is -1.95. The molecule has 0 spiro atoms. The topological polar surface area (TPSA) is 9.23 Å². The highest BCUT2D eigenvalue weighted by molar-refractivity contribution is 5.67. The van der Waals surface area contributed by atoms with E-state index in [1.807, 2.05) is 6.07 Å². The van der Waals surface area contributed by atoms with E-state index in [4.69, 9.17) is 4.74 Å². The third-order valence-corrected chi connectivity index (χ3v) is 4.95. The summed E-state index contributed by atoms with van der Waals surface area (Å²) in [5.41, 5.74) is 5.43. The summed E-state index contributed by atoms with van der Waals surface area (Å²) in [6, 6.07) is 29.9. The van der Waals surface area contributed by atoms with Gasteiger partial charge in [0, 0.05) is 6.61 Å². The second kappa shape index (κ2) is 11.4. The standard InChI is InChI=1S/C26H30O/c1(3-13-21-27-22-23-14-6-4-7-15-23)2-8-16-25-19-11-12-20-26(25)24-17-9-5-10-18-24/h4-7,9-12,14-15,17-20H,1-3,8,13,16,21-22H2. The van der Waals surface area contributed by atoms with Crippen molar-refractivity contribution in [3.63, 3.8) is 0 Å². The molecule has 0 radical (unpaired) electrons. The molecular weight excluding hydrogens is 328 g/mol. The molecule has 0 aromatic heterocycles. The molecule has 3 aromatic rings. The minimum atomic E-state index is 0.733. The molecule has 0 unspecified atom stereocenters. The van der Waals surface area contributed by atoms with E-state index in [0.717, 1.165) is 26.1 Å². The molecule has 0 atom stereocenters. The first-order chi connectivity index (χ1) is 13.4. The fourth-order valence-corrected chi connectivity index (χ4v) is 3.45. The SMILES string of the molecule is c1ccc(COCCCCCCCc2ccccc2-c2ccccc2)cc1. The van der Waals surface area contributed by atoms with Crippen molar-refractivity contribution in [3.05, 3.63) is 96.1 Å². The maximum atomic E-state index is 5.76. The van der Waals surface area contributed by atoms with Crippen LogP contribution >= 0.6 is 0 Å². The van der Waals surface area contributed by atoms with E-state index < -0.39 is 0 Å². The third-order valence-electron chi connectivity index (χ3n) is 4.95. The second-order valence-corrected chi connectivity index (χ2v) is 7.08. The number of hydrogen-bond acceptors (Lipinski definition) is 1. The smallest absolute Gasteiger partial charge is 0.0716 e. The van der Waals surface area contributed by atoms with Crippen LogP contribution < -0.4 is 0 Å². The van der Waals surface area contributed by atoms with Gasteiger partial charge in [-0.3, -0.25) is 0 Å². The maximum absolute atomic E-state index is 5.76. The molecule has 1 heteroatoms. The highest BCUT2D eigenvalue weighted by Gasteiger charge is 2.03. The number of aryl methyl sites for hydroxylation is 1. The van der Waals surface area contributed by atoms with Gasteiger partial charge in [-0.25, -0.2) is 0 Å². The second-order valence-electron chi connectivity index (χ2n) is 7.08. The molecule has 0 amide bonds. The van der Waals surface area contributed by atoms with Crippen molar-refractivity contribution in [1.29, 1.82) is 0 Å². The van der Waals surface area contributed by atoms with E-state index in [1.165, 1.54) is 47.9 Å². The van der Waals surface area contributed by atoms with Crippen molar-refractivity contribution in [2.45, 2.75) is 45.1 Å². The van der Waals surface area contributed by atoms with Gasteiger partial charge in [-0.1, -0.05) is 104 Å². The summed E-state index contributed by atoms with van der Waals surface area (Å²) in [5, 5.41) is 0. The van der Waals surface area contributed by atoms with E-state index in [-0.39, 0.29) is 0 Å². The Balaban J connectivity index is 1.30. The molecular formula is C26H30O. The van der Waals surface area contributed by atoms with Crippen molar-refractivity contribution in [2.24, 2.45) is 0 Å². The Morgan fingerprint density at radius 3 is 2.00 bits per heavy atom. The Morgan fingerprint density at radius 2 is 1.19 bits per heavy atom. The lowest BCUT2D eigenvalue weighted by molar-refractivity contribution is 0.116. The number of benzene rings is 3. The monoisotopic (exact) mass is 358 g/mol. The van der Waals surface area contributed by atoms with Gasteiger partial charge in [0.2, 0.25) is 0 Å². The zero-order valence-electron chi connectivity index (χ0n) is 16.1. The molecule has 0 heterocycles. The molecule has 0 aliphatic heterocycles. The van der Waals surface area contributed by atoms with Gasteiger partial charge in [0.25, 0.3) is 0 Å². The summed E-state index contributed by atoms with van der Waals surface area (Å²) in [6.45, 7) is 1.60. The Hall–Kier alpha value is -2.38. The van der Waals surface area contributed by atoms with Crippen LogP contribution in [0.3, 0.4) is 0 Å². The first-order valence-electron chi connectivity index (χ1n) is 10.2. The molecule has 0 aliphatic carbocycles. The largest absolute Gasteiger partial charge is 0.377 e. The van der Waals surface area contributed by atoms with Crippen LogP contribution in [0, 0.1) is 0 Å². The molecule has 0 N–H and O–H groups in total. The van der Waals surface area contributed by atoms with Gasteiger partial charge in [0.15, 0.2) is 0 Å². The molecule has 0 bridgehead atoms. The number of ether oxygens (including phenoxy) is 1.